The summed E-state index contributed by atoms with van der Waals surface area (Å²) < 4.78 is 10.8. The zero-order valence-electron chi connectivity index (χ0n) is 10.3. The monoisotopic (exact) mass is 265 g/mol. The smallest absolute Gasteiger partial charge is 0.161 e. The van der Waals surface area contributed by atoms with Crippen LogP contribution in [0.15, 0.2) is 24.4 Å². The van der Waals surface area contributed by atoms with Crippen molar-refractivity contribution >= 4 is 11.3 Å². The Morgan fingerprint density at radius 3 is 2.78 bits per heavy atom. The summed E-state index contributed by atoms with van der Waals surface area (Å²) in [5, 5.41) is 9.91. The Morgan fingerprint density at radius 2 is 2.17 bits per heavy atom. The van der Waals surface area contributed by atoms with E-state index in [4.69, 9.17) is 14.6 Å². The Kier molecular flexibility index (Phi) is 4.17. The molecule has 2 rings (SSSR count). The van der Waals surface area contributed by atoms with Crippen LogP contribution in [0.25, 0.3) is 10.6 Å². The number of hydrogen-bond acceptors (Lipinski definition) is 5. The molecule has 0 aliphatic rings. The van der Waals surface area contributed by atoms with Crippen LogP contribution in [0.5, 0.6) is 11.5 Å². The maximum atomic E-state index is 9.04. The summed E-state index contributed by atoms with van der Waals surface area (Å²) >= 11 is 1.47. The van der Waals surface area contributed by atoms with Gasteiger partial charge in [-0.3, -0.25) is 0 Å². The summed E-state index contributed by atoms with van der Waals surface area (Å²) in [5.74, 6) is 1.41. The highest BCUT2D eigenvalue weighted by molar-refractivity contribution is 7.15. The second kappa shape index (κ2) is 5.84. The minimum Gasteiger partial charge on any atom is -0.493 e. The number of methoxy groups -OCH3 is 1. The van der Waals surface area contributed by atoms with Gasteiger partial charge in [-0.15, -0.1) is 11.3 Å². The molecule has 1 aromatic carbocycles. The van der Waals surface area contributed by atoms with E-state index in [9.17, 15) is 0 Å². The van der Waals surface area contributed by atoms with E-state index < -0.39 is 0 Å². The SMILES string of the molecule is CCOc1cc(-c2ncc(CO)s2)ccc1OC. The Bertz CT molecular complexity index is 525. The van der Waals surface area contributed by atoms with Gasteiger partial charge in [0, 0.05) is 11.8 Å². The fourth-order valence-corrected chi connectivity index (χ4v) is 2.36. The lowest BCUT2D eigenvalue weighted by Crippen LogP contribution is -1.95. The highest BCUT2D eigenvalue weighted by Crippen LogP contribution is 2.34. The van der Waals surface area contributed by atoms with Gasteiger partial charge in [-0.05, 0) is 25.1 Å². The van der Waals surface area contributed by atoms with Crippen molar-refractivity contribution in [2.24, 2.45) is 0 Å². The number of hydrogen-bond donors (Lipinski definition) is 1. The molecule has 0 aliphatic heterocycles. The molecule has 1 N–H and O–H groups in total. The van der Waals surface area contributed by atoms with Crippen molar-refractivity contribution in [3.63, 3.8) is 0 Å². The van der Waals surface area contributed by atoms with Crippen molar-refractivity contribution in [2.45, 2.75) is 13.5 Å². The summed E-state index contributed by atoms with van der Waals surface area (Å²) in [7, 11) is 1.62. The fraction of sp³-hybridized carbons (Fsp3) is 0.308. The highest BCUT2D eigenvalue weighted by atomic mass is 32.1. The second-order valence-electron chi connectivity index (χ2n) is 3.59. The molecule has 0 radical (unpaired) electrons. The van der Waals surface area contributed by atoms with Crippen LogP contribution in [0.2, 0.25) is 0 Å². The Labute approximate surface area is 110 Å². The quantitative estimate of drug-likeness (QED) is 0.903. The minimum absolute atomic E-state index is 0.0200. The summed E-state index contributed by atoms with van der Waals surface area (Å²) in [4.78, 5) is 5.12. The van der Waals surface area contributed by atoms with Crippen molar-refractivity contribution in [3.8, 4) is 22.1 Å². The molecule has 2 aromatic rings. The van der Waals surface area contributed by atoms with Gasteiger partial charge < -0.3 is 14.6 Å². The predicted octanol–water partition coefficient (Wildman–Crippen LogP) is 2.71. The van der Waals surface area contributed by atoms with Crippen molar-refractivity contribution in [2.75, 3.05) is 13.7 Å². The van der Waals surface area contributed by atoms with Crippen molar-refractivity contribution in [1.82, 2.24) is 4.98 Å². The Hall–Kier alpha value is -1.59. The van der Waals surface area contributed by atoms with Crippen molar-refractivity contribution in [3.05, 3.63) is 29.3 Å². The van der Waals surface area contributed by atoms with Crippen LogP contribution in [0.3, 0.4) is 0 Å². The molecule has 18 heavy (non-hydrogen) atoms. The minimum atomic E-state index is 0.0200. The first kappa shape index (κ1) is 12.9. The lowest BCUT2D eigenvalue weighted by molar-refractivity contribution is 0.285. The standard InChI is InChI=1S/C13H15NO3S/c1-3-17-12-6-9(4-5-11(12)16-2)13-14-7-10(8-15)18-13/h4-7,15H,3,8H2,1-2H3. The molecular weight excluding hydrogens is 250 g/mol. The van der Waals surface area contributed by atoms with Gasteiger partial charge in [0.05, 0.1) is 25.2 Å². The van der Waals surface area contributed by atoms with Crippen LogP contribution in [0.4, 0.5) is 0 Å². The van der Waals surface area contributed by atoms with Crippen LogP contribution in [0, 0.1) is 0 Å². The van der Waals surface area contributed by atoms with Gasteiger partial charge in [0.25, 0.3) is 0 Å². The number of thiazole rings is 1. The predicted molar refractivity (Wildman–Crippen MR) is 71.2 cm³/mol. The first-order valence-corrected chi connectivity index (χ1v) is 6.47. The maximum Gasteiger partial charge on any atom is 0.161 e. The van der Waals surface area contributed by atoms with Crippen LogP contribution in [-0.4, -0.2) is 23.8 Å². The van der Waals surface area contributed by atoms with E-state index in [2.05, 4.69) is 4.98 Å². The number of aliphatic hydroxyl groups excluding tert-OH is 1. The van der Waals surface area contributed by atoms with Crippen LogP contribution < -0.4 is 9.47 Å². The van der Waals surface area contributed by atoms with Crippen molar-refractivity contribution in [1.29, 1.82) is 0 Å². The molecule has 1 aromatic heterocycles. The van der Waals surface area contributed by atoms with E-state index in [0.29, 0.717) is 18.1 Å². The van der Waals surface area contributed by atoms with E-state index in [1.807, 2.05) is 25.1 Å². The fourth-order valence-electron chi connectivity index (χ4n) is 1.59. The van der Waals surface area contributed by atoms with Gasteiger partial charge in [-0.25, -0.2) is 4.98 Å². The summed E-state index contributed by atoms with van der Waals surface area (Å²) in [5.41, 5.74) is 0.962. The number of benzene rings is 1. The van der Waals surface area contributed by atoms with E-state index in [1.54, 1.807) is 13.3 Å². The van der Waals surface area contributed by atoms with E-state index >= 15 is 0 Å². The molecule has 0 fully saturated rings. The zero-order chi connectivity index (χ0) is 13.0. The van der Waals surface area contributed by atoms with Gasteiger partial charge in [-0.2, -0.15) is 0 Å². The average Bonchev–Trinajstić information content (AvgIpc) is 2.88. The molecule has 0 amide bonds. The third-order valence-electron chi connectivity index (χ3n) is 2.42. The van der Waals surface area contributed by atoms with Crippen LogP contribution in [-0.2, 0) is 6.61 Å². The first-order valence-electron chi connectivity index (χ1n) is 5.65. The third-order valence-corrected chi connectivity index (χ3v) is 3.45. The van der Waals surface area contributed by atoms with E-state index in [0.717, 1.165) is 15.4 Å². The van der Waals surface area contributed by atoms with Gasteiger partial charge >= 0.3 is 0 Å². The van der Waals surface area contributed by atoms with Gasteiger partial charge in [-0.1, -0.05) is 0 Å². The molecule has 1 heterocycles. The second-order valence-corrected chi connectivity index (χ2v) is 4.70. The largest absolute Gasteiger partial charge is 0.493 e. The average molecular weight is 265 g/mol. The molecule has 0 spiro atoms. The van der Waals surface area contributed by atoms with E-state index in [-0.39, 0.29) is 6.61 Å². The number of ether oxygens (including phenoxy) is 2. The molecule has 96 valence electrons. The zero-order valence-corrected chi connectivity index (χ0v) is 11.2. The van der Waals surface area contributed by atoms with Gasteiger partial charge in [0.15, 0.2) is 11.5 Å². The highest BCUT2D eigenvalue weighted by Gasteiger charge is 2.09. The molecular formula is C13H15NO3S. The summed E-state index contributed by atoms with van der Waals surface area (Å²) in [6.07, 6.45) is 1.69. The molecule has 0 unspecified atom stereocenters. The molecule has 5 heteroatoms. The maximum absolute atomic E-state index is 9.04. The number of aromatic nitrogens is 1. The summed E-state index contributed by atoms with van der Waals surface area (Å²) in [6.45, 7) is 2.53. The van der Waals surface area contributed by atoms with Crippen LogP contribution >= 0.6 is 11.3 Å². The lowest BCUT2D eigenvalue weighted by Gasteiger charge is -2.09. The molecule has 4 nitrogen and oxygen atoms in total. The van der Waals surface area contributed by atoms with Gasteiger partial charge in [0.2, 0.25) is 0 Å². The lowest BCUT2D eigenvalue weighted by atomic mass is 10.2. The Balaban J connectivity index is 2.36. The first-order chi connectivity index (χ1) is 8.78. The summed E-state index contributed by atoms with van der Waals surface area (Å²) in [6, 6.07) is 5.70. The van der Waals surface area contributed by atoms with E-state index in [1.165, 1.54) is 11.3 Å². The number of aliphatic hydroxyl groups is 1. The van der Waals surface area contributed by atoms with Crippen LogP contribution in [0.1, 0.15) is 11.8 Å². The molecule has 0 saturated carbocycles. The Morgan fingerprint density at radius 1 is 1.33 bits per heavy atom. The molecule has 0 bridgehead atoms. The molecule has 0 atom stereocenters. The number of nitrogens with zero attached hydrogens (tertiary/aromatic N) is 1. The molecule has 0 aliphatic carbocycles. The van der Waals surface area contributed by atoms with Crippen molar-refractivity contribution < 1.29 is 14.6 Å². The number of rotatable bonds is 5. The third kappa shape index (κ3) is 2.63. The van der Waals surface area contributed by atoms with Gasteiger partial charge in [0.1, 0.15) is 5.01 Å². The topological polar surface area (TPSA) is 51.6 Å². The normalized spacial score (nSPS) is 10.4. The molecule has 0 saturated heterocycles.